The molecule has 3 rings (SSSR count). The molecule has 0 aromatic carbocycles. The molecular formula is C16H28N4. The van der Waals surface area contributed by atoms with Crippen LogP contribution in [0.2, 0.25) is 0 Å². The molecule has 0 amide bonds. The molecule has 0 saturated carbocycles. The number of aromatic nitrogens is 2. The van der Waals surface area contributed by atoms with Crippen LogP contribution in [0, 0.1) is 0 Å². The molecule has 3 atom stereocenters. The maximum atomic E-state index is 4.42. The van der Waals surface area contributed by atoms with Gasteiger partial charge in [-0.2, -0.15) is 0 Å². The average Bonchev–Trinajstić information content (AvgIpc) is 3.09. The molecule has 4 heteroatoms. The highest BCUT2D eigenvalue weighted by Crippen LogP contribution is 2.27. The molecule has 1 aromatic rings. The van der Waals surface area contributed by atoms with Crippen molar-refractivity contribution in [2.24, 2.45) is 0 Å². The van der Waals surface area contributed by atoms with Crippen LogP contribution in [0.4, 0.5) is 0 Å². The predicted molar refractivity (Wildman–Crippen MR) is 81.8 cm³/mol. The van der Waals surface area contributed by atoms with Gasteiger partial charge in [-0.1, -0.05) is 0 Å². The Morgan fingerprint density at radius 3 is 2.85 bits per heavy atom. The summed E-state index contributed by atoms with van der Waals surface area (Å²) < 4.78 is 2.40. The summed E-state index contributed by atoms with van der Waals surface area (Å²) in [6.45, 7) is 8.32. The zero-order chi connectivity index (χ0) is 13.9. The summed E-state index contributed by atoms with van der Waals surface area (Å²) in [4.78, 5) is 7.01. The summed E-state index contributed by atoms with van der Waals surface area (Å²) in [6, 6.07) is 1.64. The minimum atomic E-state index is 0.488. The van der Waals surface area contributed by atoms with Gasteiger partial charge in [0.15, 0.2) is 0 Å². The Balaban J connectivity index is 1.68. The third-order valence-corrected chi connectivity index (χ3v) is 4.86. The Labute approximate surface area is 122 Å². The Morgan fingerprint density at radius 2 is 2.10 bits per heavy atom. The summed E-state index contributed by atoms with van der Waals surface area (Å²) in [7, 11) is 0. The van der Waals surface area contributed by atoms with Crippen molar-refractivity contribution in [3.05, 3.63) is 18.2 Å². The Morgan fingerprint density at radius 1 is 1.30 bits per heavy atom. The van der Waals surface area contributed by atoms with Gasteiger partial charge in [-0.3, -0.25) is 0 Å². The van der Waals surface area contributed by atoms with E-state index in [2.05, 4.69) is 39.8 Å². The summed E-state index contributed by atoms with van der Waals surface area (Å²) in [6.07, 6.45) is 10.7. The standard InChI is InChI=1S/C16H28N4/c1-13-6-5-7-15(18-13)16-10-17-12-20(16)14(2)11-19-8-3-4-9-19/h10,12-15,18H,3-9,11H2,1-2H3. The lowest BCUT2D eigenvalue weighted by atomic mass is 9.97. The van der Waals surface area contributed by atoms with Crippen molar-refractivity contribution in [1.82, 2.24) is 19.8 Å². The molecule has 112 valence electrons. The number of likely N-dealkylation sites (tertiary alicyclic amines) is 1. The predicted octanol–water partition coefficient (Wildman–Crippen LogP) is 2.74. The van der Waals surface area contributed by atoms with Crippen LogP contribution >= 0.6 is 0 Å². The molecule has 20 heavy (non-hydrogen) atoms. The van der Waals surface area contributed by atoms with Crippen LogP contribution in [0.15, 0.2) is 12.5 Å². The number of nitrogens with one attached hydrogen (secondary N) is 1. The first-order valence-electron chi connectivity index (χ1n) is 8.24. The lowest BCUT2D eigenvalue weighted by Gasteiger charge is -2.31. The SMILES string of the molecule is CC1CCCC(c2cncn2C(C)CN2CCCC2)N1. The normalized spacial score (nSPS) is 29.7. The highest BCUT2D eigenvalue weighted by molar-refractivity contribution is 5.08. The molecular weight excluding hydrogens is 248 g/mol. The van der Waals surface area contributed by atoms with Crippen LogP contribution in [0.5, 0.6) is 0 Å². The molecule has 1 N–H and O–H groups in total. The van der Waals surface area contributed by atoms with E-state index in [1.807, 2.05) is 6.33 Å². The van der Waals surface area contributed by atoms with E-state index in [0.717, 1.165) is 6.54 Å². The highest BCUT2D eigenvalue weighted by atomic mass is 15.2. The summed E-state index contributed by atoms with van der Waals surface area (Å²) in [5, 5.41) is 3.73. The molecule has 0 aliphatic carbocycles. The van der Waals surface area contributed by atoms with E-state index in [9.17, 15) is 0 Å². The zero-order valence-electron chi connectivity index (χ0n) is 12.9. The van der Waals surface area contributed by atoms with Crippen LogP contribution in [0.1, 0.15) is 63.7 Å². The number of hydrogen-bond donors (Lipinski definition) is 1. The van der Waals surface area contributed by atoms with Gasteiger partial charge in [0.05, 0.1) is 12.0 Å². The van der Waals surface area contributed by atoms with Crippen molar-refractivity contribution >= 4 is 0 Å². The van der Waals surface area contributed by atoms with Gasteiger partial charge >= 0.3 is 0 Å². The molecule has 2 aliphatic rings. The Hall–Kier alpha value is -0.870. The Kier molecular flexibility index (Phi) is 4.41. The van der Waals surface area contributed by atoms with Gasteiger partial charge in [-0.25, -0.2) is 4.98 Å². The summed E-state index contributed by atoms with van der Waals surface area (Å²) in [5.41, 5.74) is 1.38. The van der Waals surface area contributed by atoms with Gasteiger partial charge in [0.2, 0.25) is 0 Å². The number of rotatable bonds is 4. The molecule has 0 bridgehead atoms. The van der Waals surface area contributed by atoms with Crippen molar-refractivity contribution < 1.29 is 0 Å². The van der Waals surface area contributed by atoms with Gasteiger partial charge in [0.25, 0.3) is 0 Å². The smallest absolute Gasteiger partial charge is 0.0951 e. The van der Waals surface area contributed by atoms with E-state index in [0.29, 0.717) is 18.1 Å². The second-order valence-electron chi connectivity index (χ2n) is 6.63. The molecule has 1 aromatic heterocycles. The Bertz CT molecular complexity index is 422. The van der Waals surface area contributed by atoms with Crippen molar-refractivity contribution in [2.75, 3.05) is 19.6 Å². The molecule has 3 heterocycles. The van der Waals surface area contributed by atoms with Gasteiger partial charge in [0, 0.05) is 30.9 Å². The number of hydrogen-bond acceptors (Lipinski definition) is 3. The van der Waals surface area contributed by atoms with E-state index in [4.69, 9.17) is 0 Å². The first-order valence-corrected chi connectivity index (χ1v) is 8.24. The fourth-order valence-electron chi connectivity index (χ4n) is 3.75. The third kappa shape index (κ3) is 3.07. The largest absolute Gasteiger partial charge is 0.329 e. The van der Waals surface area contributed by atoms with Crippen LogP contribution in [0.25, 0.3) is 0 Å². The van der Waals surface area contributed by atoms with Crippen molar-refractivity contribution in [2.45, 2.75) is 64.1 Å². The second kappa shape index (κ2) is 6.27. The lowest BCUT2D eigenvalue weighted by molar-refractivity contribution is 0.273. The molecule has 2 aliphatic heterocycles. The molecule has 2 saturated heterocycles. The number of nitrogens with zero attached hydrogens (tertiary/aromatic N) is 3. The van der Waals surface area contributed by atoms with E-state index in [1.54, 1.807) is 0 Å². The van der Waals surface area contributed by atoms with Gasteiger partial charge in [-0.05, 0) is 59.0 Å². The third-order valence-electron chi connectivity index (χ3n) is 4.86. The number of imidazole rings is 1. The quantitative estimate of drug-likeness (QED) is 0.918. The van der Waals surface area contributed by atoms with Gasteiger partial charge in [-0.15, -0.1) is 0 Å². The van der Waals surface area contributed by atoms with E-state index in [1.165, 1.54) is 50.9 Å². The van der Waals surface area contributed by atoms with Crippen molar-refractivity contribution in [3.63, 3.8) is 0 Å². The maximum Gasteiger partial charge on any atom is 0.0951 e. The van der Waals surface area contributed by atoms with Crippen LogP contribution in [-0.2, 0) is 0 Å². The molecule has 0 spiro atoms. The maximum absolute atomic E-state index is 4.42. The van der Waals surface area contributed by atoms with E-state index < -0.39 is 0 Å². The van der Waals surface area contributed by atoms with E-state index >= 15 is 0 Å². The first-order chi connectivity index (χ1) is 9.74. The molecule has 2 fully saturated rings. The van der Waals surface area contributed by atoms with Crippen LogP contribution in [0.3, 0.4) is 0 Å². The van der Waals surface area contributed by atoms with Crippen LogP contribution in [-0.4, -0.2) is 40.1 Å². The summed E-state index contributed by atoms with van der Waals surface area (Å²) >= 11 is 0. The average molecular weight is 276 g/mol. The lowest BCUT2D eigenvalue weighted by Crippen LogP contribution is -2.36. The zero-order valence-corrected chi connectivity index (χ0v) is 12.9. The first kappa shape index (κ1) is 14.1. The second-order valence-corrected chi connectivity index (χ2v) is 6.63. The monoisotopic (exact) mass is 276 g/mol. The molecule has 3 unspecified atom stereocenters. The molecule has 0 radical (unpaired) electrons. The fourth-order valence-corrected chi connectivity index (χ4v) is 3.75. The fraction of sp³-hybridized carbons (Fsp3) is 0.812. The minimum Gasteiger partial charge on any atom is -0.329 e. The van der Waals surface area contributed by atoms with Gasteiger partial charge in [0.1, 0.15) is 0 Å². The van der Waals surface area contributed by atoms with Gasteiger partial charge < -0.3 is 14.8 Å². The van der Waals surface area contributed by atoms with Crippen LogP contribution < -0.4 is 5.32 Å². The van der Waals surface area contributed by atoms with Crippen molar-refractivity contribution in [3.8, 4) is 0 Å². The van der Waals surface area contributed by atoms with Crippen molar-refractivity contribution in [1.29, 1.82) is 0 Å². The molecule has 4 nitrogen and oxygen atoms in total. The summed E-state index contributed by atoms with van der Waals surface area (Å²) in [5.74, 6) is 0. The highest BCUT2D eigenvalue weighted by Gasteiger charge is 2.24. The number of piperidine rings is 1. The topological polar surface area (TPSA) is 33.1 Å². The van der Waals surface area contributed by atoms with E-state index in [-0.39, 0.29) is 0 Å². The minimum absolute atomic E-state index is 0.488.